The van der Waals surface area contributed by atoms with Crippen molar-refractivity contribution in [1.29, 1.82) is 0 Å². The molecule has 2 aliphatic rings. The summed E-state index contributed by atoms with van der Waals surface area (Å²) in [7, 11) is 2.18. The molecule has 17 heavy (non-hydrogen) atoms. The Labute approximate surface area is 108 Å². The SMILES string of the molecule is CNC(CCC1CCCC1)C1(C)CCCCC1. The van der Waals surface area contributed by atoms with Crippen molar-refractivity contribution < 1.29 is 0 Å². The molecule has 1 atom stereocenters. The van der Waals surface area contributed by atoms with E-state index in [9.17, 15) is 0 Å². The van der Waals surface area contributed by atoms with E-state index < -0.39 is 0 Å². The highest BCUT2D eigenvalue weighted by atomic mass is 14.9. The second-order valence-corrected chi connectivity index (χ2v) is 6.78. The normalized spacial score (nSPS) is 27.2. The fourth-order valence-corrected chi connectivity index (χ4v) is 4.25. The topological polar surface area (TPSA) is 12.0 Å². The molecule has 100 valence electrons. The third kappa shape index (κ3) is 3.47. The number of hydrogen-bond donors (Lipinski definition) is 1. The molecule has 1 unspecified atom stereocenters. The zero-order chi connectivity index (χ0) is 12.1. The highest BCUT2D eigenvalue weighted by molar-refractivity contribution is 4.89. The third-order valence-corrected chi connectivity index (χ3v) is 5.52. The zero-order valence-electron chi connectivity index (χ0n) is 11.9. The highest BCUT2D eigenvalue weighted by Gasteiger charge is 2.34. The fourth-order valence-electron chi connectivity index (χ4n) is 4.25. The van der Waals surface area contributed by atoms with Crippen LogP contribution in [0.25, 0.3) is 0 Å². The van der Waals surface area contributed by atoms with Gasteiger partial charge in [-0.2, -0.15) is 0 Å². The number of hydrogen-bond acceptors (Lipinski definition) is 1. The Kier molecular flexibility index (Phi) is 4.90. The minimum absolute atomic E-state index is 0.589. The maximum atomic E-state index is 3.64. The van der Waals surface area contributed by atoms with E-state index in [0.717, 1.165) is 12.0 Å². The predicted octanol–water partition coefficient (Wildman–Crippen LogP) is 4.52. The smallest absolute Gasteiger partial charge is 0.0118 e. The summed E-state index contributed by atoms with van der Waals surface area (Å²) in [6.07, 6.45) is 16.2. The van der Waals surface area contributed by atoms with Crippen LogP contribution in [0.1, 0.15) is 77.6 Å². The van der Waals surface area contributed by atoms with Gasteiger partial charge in [-0.1, -0.05) is 51.9 Å². The van der Waals surface area contributed by atoms with Gasteiger partial charge in [-0.25, -0.2) is 0 Å². The molecule has 0 spiro atoms. The molecule has 2 aliphatic carbocycles. The lowest BCUT2D eigenvalue weighted by Gasteiger charge is -2.41. The Hall–Kier alpha value is -0.0400. The molecule has 0 aromatic rings. The summed E-state index contributed by atoms with van der Waals surface area (Å²) in [4.78, 5) is 0. The summed E-state index contributed by atoms with van der Waals surface area (Å²) in [5.74, 6) is 1.05. The van der Waals surface area contributed by atoms with E-state index in [1.54, 1.807) is 0 Å². The largest absolute Gasteiger partial charge is 0.316 e. The molecule has 0 aromatic heterocycles. The molecule has 0 radical (unpaired) electrons. The molecule has 0 amide bonds. The monoisotopic (exact) mass is 237 g/mol. The molecule has 2 rings (SSSR count). The van der Waals surface area contributed by atoms with E-state index in [-0.39, 0.29) is 0 Å². The van der Waals surface area contributed by atoms with Gasteiger partial charge in [-0.05, 0) is 44.1 Å². The van der Waals surface area contributed by atoms with Crippen molar-refractivity contribution in [2.75, 3.05) is 7.05 Å². The van der Waals surface area contributed by atoms with Crippen molar-refractivity contribution in [3.05, 3.63) is 0 Å². The van der Waals surface area contributed by atoms with Crippen molar-refractivity contribution in [2.45, 2.75) is 83.6 Å². The van der Waals surface area contributed by atoms with Gasteiger partial charge in [0.2, 0.25) is 0 Å². The fraction of sp³-hybridized carbons (Fsp3) is 1.00. The van der Waals surface area contributed by atoms with Crippen molar-refractivity contribution in [3.63, 3.8) is 0 Å². The Balaban J connectivity index is 1.81. The van der Waals surface area contributed by atoms with Crippen LogP contribution < -0.4 is 5.32 Å². The first-order valence-corrected chi connectivity index (χ1v) is 7.92. The van der Waals surface area contributed by atoms with E-state index in [1.165, 1.54) is 70.6 Å². The minimum Gasteiger partial charge on any atom is -0.316 e. The molecule has 0 aromatic carbocycles. The minimum atomic E-state index is 0.589. The van der Waals surface area contributed by atoms with Crippen LogP contribution in [0.3, 0.4) is 0 Å². The quantitative estimate of drug-likeness (QED) is 0.741. The van der Waals surface area contributed by atoms with E-state index in [0.29, 0.717) is 5.41 Å². The second-order valence-electron chi connectivity index (χ2n) is 6.78. The van der Waals surface area contributed by atoms with Crippen LogP contribution in [0.4, 0.5) is 0 Å². The van der Waals surface area contributed by atoms with Crippen LogP contribution in [0, 0.1) is 11.3 Å². The average Bonchev–Trinajstić information content (AvgIpc) is 2.83. The highest BCUT2D eigenvalue weighted by Crippen LogP contribution is 2.41. The zero-order valence-corrected chi connectivity index (χ0v) is 11.9. The summed E-state index contributed by atoms with van der Waals surface area (Å²) < 4.78 is 0. The summed E-state index contributed by atoms with van der Waals surface area (Å²) in [5.41, 5.74) is 0.589. The second kappa shape index (κ2) is 6.22. The summed E-state index contributed by atoms with van der Waals surface area (Å²) in [5, 5.41) is 3.64. The van der Waals surface area contributed by atoms with Crippen molar-refractivity contribution >= 4 is 0 Å². The summed E-state index contributed by atoms with van der Waals surface area (Å²) in [6, 6.07) is 0.767. The molecule has 1 heteroatoms. The lowest BCUT2D eigenvalue weighted by atomic mass is 9.69. The molecule has 0 bridgehead atoms. The average molecular weight is 237 g/mol. The first kappa shape index (κ1) is 13.4. The molecule has 0 heterocycles. The van der Waals surface area contributed by atoms with Crippen molar-refractivity contribution in [1.82, 2.24) is 5.32 Å². The van der Waals surface area contributed by atoms with E-state index >= 15 is 0 Å². The van der Waals surface area contributed by atoms with Crippen molar-refractivity contribution in [2.24, 2.45) is 11.3 Å². The Bertz CT molecular complexity index is 212. The maximum Gasteiger partial charge on any atom is 0.0118 e. The van der Waals surface area contributed by atoms with Crippen LogP contribution in [0.2, 0.25) is 0 Å². The lowest BCUT2D eigenvalue weighted by molar-refractivity contribution is 0.137. The first-order chi connectivity index (χ1) is 8.24. The number of nitrogens with one attached hydrogen (secondary N) is 1. The van der Waals surface area contributed by atoms with Crippen LogP contribution in [-0.4, -0.2) is 13.1 Å². The Morgan fingerprint density at radius 2 is 1.71 bits per heavy atom. The molecule has 0 saturated heterocycles. The Morgan fingerprint density at radius 3 is 2.29 bits per heavy atom. The van der Waals surface area contributed by atoms with E-state index in [4.69, 9.17) is 0 Å². The van der Waals surface area contributed by atoms with Crippen LogP contribution >= 0.6 is 0 Å². The van der Waals surface area contributed by atoms with Gasteiger partial charge in [0.25, 0.3) is 0 Å². The predicted molar refractivity (Wildman–Crippen MR) is 75.2 cm³/mol. The van der Waals surface area contributed by atoms with Gasteiger partial charge >= 0.3 is 0 Å². The number of rotatable bonds is 5. The standard InChI is InChI=1S/C16H31N/c1-16(12-6-3-7-13-16)15(17-2)11-10-14-8-4-5-9-14/h14-15,17H,3-13H2,1-2H3. The van der Waals surface area contributed by atoms with Gasteiger partial charge in [0.05, 0.1) is 0 Å². The third-order valence-electron chi connectivity index (χ3n) is 5.52. The van der Waals surface area contributed by atoms with Gasteiger partial charge in [-0.3, -0.25) is 0 Å². The molecular formula is C16H31N. The van der Waals surface area contributed by atoms with Crippen LogP contribution in [0.5, 0.6) is 0 Å². The van der Waals surface area contributed by atoms with Gasteiger partial charge in [0.1, 0.15) is 0 Å². The maximum absolute atomic E-state index is 3.64. The van der Waals surface area contributed by atoms with Gasteiger partial charge in [-0.15, -0.1) is 0 Å². The van der Waals surface area contributed by atoms with Gasteiger partial charge in [0.15, 0.2) is 0 Å². The lowest BCUT2D eigenvalue weighted by Crippen LogP contribution is -2.43. The molecular weight excluding hydrogens is 206 g/mol. The summed E-state index contributed by atoms with van der Waals surface area (Å²) >= 11 is 0. The molecule has 1 N–H and O–H groups in total. The van der Waals surface area contributed by atoms with Gasteiger partial charge in [0, 0.05) is 6.04 Å². The summed E-state index contributed by atoms with van der Waals surface area (Å²) in [6.45, 7) is 2.53. The van der Waals surface area contributed by atoms with E-state index in [1.807, 2.05) is 0 Å². The molecule has 2 fully saturated rings. The van der Waals surface area contributed by atoms with Crippen molar-refractivity contribution in [3.8, 4) is 0 Å². The molecule has 0 aliphatic heterocycles. The van der Waals surface area contributed by atoms with Crippen LogP contribution in [-0.2, 0) is 0 Å². The van der Waals surface area contributed by atoms with E-state index in [2.05, 4.69) is 19.3 Å². The first-order valence-electron chi connectivity index (χ1n) is 7.92. The van der Waals surface area contributed by atoms with Crippen LogP contribution in [0.15, 0.2) is 0 Å². The van der Waals surface area contributed by atoms with Gasteiger partial charge < -0.3 is 5.32 Å². The molecule has 2 saturated carbocycles. The molecule has 1 nitrogen and oxygen atoms in total. The Morgan fingerprint density at radius 1 is 1.06 bits per heavy atom.